The molecule has 0 spiro atoms. The van der Waals surface area contributed by atoms with Crippen molar-refractivity contribution in [3.05, 3.63) is 29.8 Å². The summed E-state index contributed by atoms with van der Waals surface area (Å²) in [6, 6.07) is 8.26. The first-order chi connectivity index (χ1) is 10.1. The largest absolute Gasteiger partial charge is 0.491 e. The molecule has 1 aromatic carbocycles. The molecule has 0 amide bonds. The first kappa shape index (κ1) is 18.0. The molecule has 1 unspecified atom stereocenters. The van der Waals surface area contributed by atoms with E-state index in [1.54, 1.807) is 0 Å². The number of ether oxygens (including phenoxy) is 2. The van der Waals surface area contributed by atoms with E-state index in [-0.39, 0.29) is 0 Å². The Morgan fingerprint density at radius 2 is 1.95 bits per heavy atom. The molecule has 1 atom stereocenters. The lowest BCUT2D eigenvalue weighted by Crippen LogP contribution is -2.16. The lowest BCUT2D eigenvalue weighted by Gasteiger charge is -2.15. The standard InChI is InChI=1S/C18H31NO2/c1-5-9-19-14-17-7-6-8-18(13-17)21-11-10-20-16(4)12-15(2)3/h6-8,13,15-16,19H,5,9-12,14H2,1-4H3. The van der Waals surface area contributed by atoms with E-state index in [1.165, 1.54) is 5.56 Å². The summed E-state index contributed by atoms with van der Waals surface area (Å²) in [6.07, 6.45) is 2.55. The van der Waals surface area contributed by atoms with Gasteiger partial charge in [-0.2, -0.15) is 0 Å². The van der Waals surface area contributed by atoms with E-state index >= 15 is 0 Å². The first-order valence-corrected chi connectivity index (χ1v) is 8.15. The van der Waals surface area contributed by atoms with Crippen LogP contribution in [0.4, 0.5) is 0 Å². The molecule has 0 saturated heterocycles. The second-order valence-electron chi connectivity index (χ2n) is 5.98. The van der Waals surface area contributed by atoms with Crippen molar-refractivity contribution in [2.24, 2.45) is 5.92 Å². The molecule has 21 heavy (non-hydrogen) atoms. The summed E-state index contributed by atoms with van der Waals surface area (Å²) in [5, 5.41) is 3.40. The molecule has 0 saturated carbocycles. The highest BCUT2D eigenvalue weighted by Crippen LogP contribution is 2.13. The predicted octanol–water partition coefficient (Wildman–Crippen LogP) is 4.02. The third kappa shape index (κ3) is 8.74. The fraction of sp³-hybridized carbons (Fsp3) is 0.667. The van der Waals surface area contributed by atoms with Gasteiger partial charge in [0.15, 0.2) is 0 Å². The van der Waals surface area contributed by atoms with Crippen LogP contribution in [0, 0.1) is 5.92 Å². The van der Waals surface area contributed by atoms with Gasteiger partial charge in [0.2, 0.25) is 0 Å². The molecule has 0 aromatic heterocycles. The summed E-state index contributed by atoms with van der Waals surface area (Å²) in [6.45, 7) is 11.9. The number of benzene rings is 1. The van der Waals surface area contributed by atoms with Gasteiger partial charge in [-0.25, -0.2) is 0 Å². The summed E-state index contributed by atoms with van der Waals surface area (Å²) in [5.74, 6) is 1.60. The Morgan fingerprint density at radius 3 is 2.67 bits per heavy atom. The molecule has 120 valence electrons. The lowest BCUT2D eigenvalue weighted by molar-refractivity contribution is 0.0331. The molecular weight excluding hydrogens is 262 g/mol. The highest BCUT2D eigenvalue weighted by molar-refractivity contribution is 5.28. The maximum Gasteiger partial charge on any atom is 0.119 e. The smallest absolute Gasteiger partial charge is 0.119 e. The Morgan fingerprint density at radius 1 is 1.14 bits per heavy atom. The monoisotopic (exact) mass is 293 g/mol. The maximum absolute atomic E-state index is 5.76. The molecule has 1 aromatic rings. The quantitative estimate of drug-likeness (QED) is 0.625. The van der Waals surface area contributed by atoms with Crippen molar-refractivity contribution >= 4 is 0 Å². The predicted molar refractivity (Wildman–Crippen MR) is 88.8 cm³/mol. The van der Waals surface area contributed by atoms with Gasteiger partial charge >= 0.3 is 0 Å². The molecule has 3 nitrogen and oxygen atoms in total. The Bertz CT molecular complexity index is 379. The lowest BCUT2D eigenvalue weighted by atomic mass is 10.1. The normalized spacial score (nSPS) is 12.6. The average molecular weight is 293 g/mol. The van der Waals surface area contributed by atoms with Gasteiger partial charge in [-0.3, -0.25) is 0 Å². The van der Waals surface area contributed by atoms with Crippen LogP contribution in [-0.4, -0.2) is 25.9 Å². The molecule has 1 rings (SSSR count). The van der Waals surface area contributed by atoms with Gasteiger partial charge in [-0.1, -0.05) is 32.9 Å². The minimum Gasteiger partial charge on any atom is -0.491 e. The number of hydrogen-bond donors (Lipinski definition) is 1. The van der Waals surface area contributed by atoms with Crippen molar-refractivity contribution in [2.45, 2.75) is 53.2 Å². The van der Waals surface area contributed by atoms with Gasteiger partial charge in [0.05, 0.1) is 12.7 Å². The number of hydrogen-bond acceptors (Lipinski definition) is 3. The molecular formula is C18H31NO2. The van der Waals surface area contributed by atoms with Gasteiger partial charge in [0.25, 0.3) is 0 Å². The summed E-state index contributed by atoms with van der Waals surface area (Å²) in [5.41, 5.74) is 1.26. The SMILES string of the molecule is CCCNCc1cccc(OCCOC(C)CC(C)C)c1. The Labute approximate surface area is 130 Å². The Hall–Kier alpha value is -1.06. The van der Waals surface area contributed by atoms with Crippen LogP contribution in [-0.2, 0) is 11.3 Å². The minimum atomic E-state index is 0.304. The van der Waals surface area contributed by atoms with E-state index in [1.807, 2.05) is 12.1 Å². The highest BCUT2D eigenvalue weighted by Gasteiger charge is 2.05. The molecule has 0 aliphatic carbocycles. The fourth-order valence-corrected chi connectivity index (χ4v) is 2.30. The van der Waals surface area contributed by atoms with E-state index in [9.17, 15) is 0 Å². The minimum absolute atomic E-state index is 0.304. The van der Waals surface area contributed by atoms with E-state index < -0.39 is 0 Å². The van der Waals surface area contributed by atoms with Crippen molar-refractivity contribution in [1.29, 1.82) is 0 Å². The highest BCUT2D eigenvalue weighted by atomic mass is 16.5. The molecule has 3 heteroatoms. The Kier molecular flexibility index (Phi) is 9.11. The first-order valence-electron chi connectivity index (χ1n) is 8.15. The topological polar surface area (TPSA) is 30.5 Å². The van der Waals surface area contributed by atoms with Crippen LogP contribution in [0.1, 0.15) is 46.1 Å². The van der Waals surface area contributed by atoms with E-state index in [2.05, 4.69) is 45.1 Å². The summed E-state index contributed by atoms with van der Waals surface area (Å²) in [7, 11) is 0. The van der Waals surface area contributed by atoms with Crippen LogP contribution >= 0.6 is 0 Å². The van der Waals surface area contributed by atoms with Gasteiger partial charge in [-0.05, 0) is 49.9 Å². The van der Waals surface area contributed by atoms with Gasteiger partial charge in [0, 0.05) is 6.54 Å². The molecule has 0 heterocycles. The van der Waals surface area contributed by atoms with Crippen LogP contribution in [0.15, 0.2) is 24.3 Å². The maximum atomic E-state index is 5.76. The Balaban J connectivity index is 2.24. The van der Waals surface area contributed by atoms with Crippen LogP contribution in [0.5, 0.6) is 5.75 Å². The van der Waals surface area contributed by atoms with Crippen molar-refractivity contribution in [3.63, 3.8) is 0 Å². The van der Waals surface area contributed by atoms with Crippen LogP contribution in [0.25, 0.3) is 0 Å². The van der Waals surface area contributed by atoms with Crippen molar-refractivity contribution in [3.8, 4) is 5.75 Å². The van der Waals surface area contributed by atoms with Crippen LogP contribution < -0.4 is 10.1 Å². The zero-order valence-corrected chi connectivity index (χ0v) is 14.0. The van der Waals surface area contributed by atoms with Crippen LogP contribution in [0.3, 0.4) is 0 Å². The second kappa shape index (κ2) is 10.6. The zero-order valence-electron chi connectivity index (χ0n) is 14.0. The average Bonchev–Trinajstić information content (AvgIpc) is 2.44. The molecule has 0 aliphatic rings. The molecule has 0 fully saturated rings. The van der Waals surface area contributed by atoms with E-state index in [0.717, 1.165) is 31.7 Å². The number of nitrogens with one attached hydrogen (secondary N) is 1. The van der Waals surface area contributed by atoms with E-state index in [4.69, 9.17) is 9.47 Å². The molecule has 1 N–H and O–H groups in total. The molecule has 0 aliphatic heterocycles. The summed E-state index contributed by atoms with van der Waals surface area (Å²) in [4.78, 5) is 0. The van der Waals surface area contributed by atoms with E-state index in [0.29, 0.717) is 25.2 Å². The third-order valence-corrected chi connectivity index (χ3v) is 3.21. The molecule has 0 radical (unpaired) electrons. The van der Waals surface area contributed by atoms with Gasteiger partial charge in [0.1, 0.15) is 12.4 Å². The third-order valence-electron chi connectivity index (χ3n) is 3.21. The fourth-order valence-electron chi connectivity index (χ4n) is 2.30. The zero-order chi connectivity index (χ0) is 15.5. The van der Waals surface area contributed by atoms with Crippen molar-refractivity contribution in [2.75, 3.05) is 19.8 Å². The van der Waals surface area contributed by atoms with Gasteiger partial charge in [-0.15, -0.1) is 0 Å². The van der Waals surface area contributed by atoms with Crippen molar-refractivity contribution in [1.82, 2.24) is 5.32 Å². The second-order valence-corrected chi connectivity index (χ2v) is 5.98. The van der Waals surface area contributed by atoms with Gasteiger partial charge < -0.3 is 14.8 Å². The summed E-state index contributed by atoms with van der Waals surface area (Å²) >= 11 is 0. The number of rotatable bonds is 11. The molecule has 0 bridgehead atoms. The van der Waals surface area contributed by atoms with Crippen molar-refractivity contribution < 1.29 is 9.47 Å². The van der Waals surface area contributed by atoms with Crippen LogP contribution in [0.2, 0.25) is 0 Å². The summed E-state index contributed by atoms with van der Waals surface area (Å²) < 4.78 is 11.5.